The fourth-order valence-corrected chi connectivity index (χ4v) is 2.02. The predicted octanol–water partition coefficient (Wildman–Crippen LogP) is 2.97. The second-order valence-electron chi connectivity index (χ2n) is 5.34. The van der Waals surface area contributed by atoms with Crippen molar-refractivity contribution in [2.24, 2.45) is 5.92 Å². The summed E-state index contributed by atoms with van der Waals surface area (Å²) in [6.07, 6.45) is 0. The molecule has 5 heteroatoms. The molecule has 0 radical (unpaired) electrons. The van der Waals surface area contributed by atoms with Crippen LogP contribution in [0.25, 0.3) is 0 Å². The van der Waals surface area contributed by atoms with Crippen LogP contribution in [0.15, 0.2) is 36.4 Å². The van der Waals surface area contributed by atoms with Crippen molar-refractivity contribution in [3.63, 3.8) is 0 Å². The van der Waals surface area contributed by atoms with Crippen LogP contribution >= 0.6 is 0 Å². The van der Waals surface area contributed by atoms with Gasteiger partial charge in [-0.1, -0.05) is 19.1 Å². The molecular formula is C17H23NO4. The van der Waals surface area contributed by atoms with E-state index >= 15 is 0 Å². The van der Waals surface area contributed by atoms with Gasteiger partial charge in [-0.05, 0) is 38.1 Å². The number of rotatable bonds is 8. The lowest BCUT2D eigenvalue weighted by atomic mass is 10.1. The number of hydrogen-bond donors (Lipinski definition) is 1. The van der Waals surface area contributed by atoms with Crippen LogP contribution in [0.4, 0.5) is 5.69 Å². The Morgan fingerprint density at radius 3 is 2.36 bits per heavy atom. The Morgan fingerprint density at radius 2 is 1.91 bits per heavy atom. The first-order valence-corrected chi connectivity index (χ1v) is 7.24. The first kappa shape index (κ1) is 17.8. The Hall–Kier alpha value is -2.30. The molecule has 0 saturated heterocycles. The fraction of sp³-hybridized carbons (Fsp3) is 0.412. The monoisotopic (exact) mass is 305 g/mol. The van der Waals surface area contributed by atoms with Crippen molar-refractivity contribution in [3.8, 4) is 0 Å². The van der Waals surface area contributed by atoms with Gasteiger partial charge in [0.2, 0.25) is 0 Å². The van der Waals surface area contributed by atoms with Crippen molar-refractivity contribution in [3.05, 3.63) is 42.0 Å². The highest BCUT2D eigenvalue weighted by Crippen LogP contribution is 2.19. The molecule has 120 valence electrons. The molecule has 0 amide bonds. The molecule has 1 atom stereocenters. The molecule has 0 aliphatic carbocycles. The SMILES string of the molecule is C=C(C)CN(CC(C)C(=O)O)c1ccc(C(=O)OCC)cc1. The van der Waals surface area contributed by atoms with E-state index in [2.05, 4.69) is 6.58 Å². The Balaban J connectivity index is 2.92. The molecule has 0 aliphatic heterocycles. The van der Waals surface area contributed by atoms with E-state index in [0.29, 0.717) is 25.3 Å². The molecule has 1 aromatic carbocycles. The third kappa shape index (κ3) is 5.24. The number of aliphatic carboxylic acids is 1. The first-order valence-electron chi connectivity index (χ1n) is 7.24. The molecule has 1 aromatic rings. The highest BCUT2D eigenvalue weighted by atomic mass is 16.5. The molecule has 0 fully saturated rings. The fourth-order valence-electron chi connectivity index (χ4n) is 2.02. The maximum atomic E-state index is 11.6. The van der Waals surface area contributed by atoms with Gasteiger partial charge in [-0.25, -0.2) is 4.79 Å². The molecule has 0 aliphatic rings. The van der Waals surface area contributed by atoms with Crippen LogP contribution in [0.5, 0.6) is 0 Å². The topological polar surface area (TPSA) is 66.8 Å². The van der Waals surface area contributed by atoms with E-state index in [0.717, 1.165) is 11.3 Å². The van der Waals surface area contributed by atoms with Crippen molar-refractivity contribution < 1.29 is 19.4 Å². The van der Waals surface area contributed by atoms with Crippen LogP contribution in [-0.4, -0.2) is 36.7 Å². The van der Waals surface area contributed by atoms with E-state index in [-0.39, 0.29) is 5.97 Å². The van der Waals surface area contributed by atoms with Gasteiger partial charge in [0.15, 0.2) is 0 Å². The first-order chi connectivity index (χ1) is 10.3. The molecule has 0 saturated carbocycles. The largest absolute Gasteiger partial charge is 0.481 e. The zero-order chi connectivity index (χ0) is 16.7. The lowest BCUT2D eigenvalue weighted by Gasteiger charge is -2.27. The number of ether oxygens (including phenoxy) is 1. The van der Waals surface area contributed by atoms with Crippen LogP contribution in [0.1, 0.15) is 31.1 Å². The minimum absolute atomic E-state index is 0.332. The van der Waals surface area contributed by atoms with E-state index in [9.17, 15) is 9.59 Å². The third-order valence-corrected chi connectivity index (χ3v) is 3.12. The van der Waals surface area contributed by atoms with E-state index in [4.69, 9.17) is 9.84 Å². The van der Waals surface area contributed by atoms with Gasteiger partial charge in [0.05, 0.1) is 18.1 Å². The van der Waals surface area contributed by atoms with Crippen molar-refractivity contribution in [2.75, 3.05) is 24.6 Å². The number of carbonyl (C=O) groups is 2. The normalized spacial score (nSPS) is 11.6. The number of nitrogens with zero attached hydrogens (tertiary/aromatic N) is 1. The summed E-state index contributed by atoms with van der Waals surface area (Å²) >= 11 is 0. The lowest BCUT2D eigenvalue weighted by Crippen LogP contribution is -2.33. The second kappa shape index (κ2) is 8.22. The molecule has 22 heavy (non-hydrogen) atoms. The molecule has 0 aromatic heterocycles. The molecule has 1 rings (SSSR count). The maximum absolute atomic E-state index is 11.6. The molecule has 0 spiro atoms. The zero-order valence-corrected chi connectivity index (χ0v) is 13.3. The van der Waals surface area contributed by atoms with Crippen molar-refractivity contribution in [1.82, 2.24) is 0 Å². The third-order valence-electron chi connectivity index (χ3n) is 3.12. The molecule has 5 nitrogen and oxygen atoms in total. The van der Waals surface area contributed by atoms with Gasteiger partial charge < -0.3 is 14.7 Å². The molecule has 1 N–H and O–H groups in total. The van der Waals surface area contributed by atoms with Gasteiger partial charge in [-0.2, -0.15) is 0 Å². The summed E-state index contributed by atoms with van der Waals surface area (Å²) in [6, 6.07) is 6.96. The van der Waals surface area contributed by atoms with Crippen LogP contribution in [-0.2, 0) is 9.53 Å². The minimum atomic E-state index is -0.838. The quantitative estimate of drug-likeness (QED) is 0.591. The maximum Gasteiger partial charge on any atom is 0.338 e. The van der Waals surface area contributed by atoms with Crippen LogP contribution in [0.2, 0.25) is 0 Å². The smallest absolute Gasteiger partial charge is 0.338 e. The van der Waals surface area contributed by atoms with Crippen LogP contribution in [0, 0.1) is 5.92 Å². The summed E-state index contributed by atoms with van der Waals surface area (Å²) in [6.45, 7) is 10.5. The van der Waals surface area contributed by atoms with E-state index in [1.165, 1.54) is 0 Å². The van der Waals surface area contributed by atoms with Crippen LogP contribution in [0.3, 0.4) is 0 Å². The number of benzene rings is 1. The number of esters is 1. The van der Waals surface area contributed by atoms with Crippen molar-refractivity contribution >= 4 is 17.6 Å². The second-order valence-corrected chi connectivity index (χ2v) is 5.34. The van der Waals surface area contributed by atoms with Crippen molar-refractivity contribution in [2.45, 2.75) is 20.8 Å². The average molecular weight is 305 g/mol. The number of hydrogen-bond acceptors (Lipinski definition) is 4. The summed E-state index contributed by atoms with van der Waals surface area (Å²) in [7, 11) is 0. The van der Waals surface area contributed by atoms with Gasteiger partial charge in [-0.3, -0.25) is 4.79 Å². The minimum Gasteiger partial charge on any atom is -0.481 e. The van der Waals surface area contributed by atoms with Gasteiger partial charge in [0.1, 0.15) is 0 Å². The van der Waals surface area contributed by atoms with Gasteiger partial charge in [0, 0.05) is 18.8 Å². The Bertz CT molecular complexity index is 536. The highest BCUT2D eigenvalue weighted by molar-refractivity contribution is 5.89. The molecule has 1 unspecified atom stereocenters. The molecular weight excluding hydrogens is 282 g/mol. The van der Waals surface area contributed by atoms with E-state index < -0.39 is 11.9 Å². The summed E-state index contributed by atoms with van der Waals surface area (Å²) in [5.74, 6) is -1.70. The Morgan fingerprint density at radius 1 is 1.32 bits per heavy atom. The van der Waals surface area contributed by atoms with Crippen LogP contribution < -0.4 is 4.90 Å². The number of carboxylic acids is 1. The lowest BCUT2D eigenvalue weighted by molar-refractivity contribution is -0.140. The average Bonchev–Trinajstić information content (AvgIpc) is 2.46. The summed E-state index contributed by atoms with van der Waals surface area (Å²) in [5, 5.41) is 9.08. The van der Waals surface area contributed by atoms with Gasteiger partial charge in [0.25, 0.3) is 0 Å². The van der Waals surface area contributed by atoms with Gasteiger partial charge in [-0.15, -0.1) is 0 Å². The number of carbonyl (C=O) groups excluding carboxylic acids is 1. The Kier molecular flexibility index (Phi) is 6.63. The summed E-state index contributed by atoms with van der Waals surface area (Å²) < 4.78 is 4.94. The van der Waals surface area contributed by atoms with E-state index in [1.54, 1.807) is 38.1 Å². The zero-order valence-electron chi connectivity index (χ0n) is 13.3. The van der Waals surface area contributed by atoms with Crippen molar-refractivity contribution in [1.29, 1.82) is 0 Å². The summed E-state index contributed by atoms with van der Waals surface area (Å²) in [4.78, 5) is 24.6. The summed E-state index contributed by atoms with van der Waals surface area (Å²) in [5.41, 5.74) is 2.27. The predicted molar refractivity (Wildman–Crippen MR) is 86.2 cm³/mol. The number of anilines is 1. The van der Waals surface area contributed by atoms with E-state index in [1.807, 2.05) is 11.8 Å². The number of carboxylic acid groups (broad SMARTS) is 1. The Labute approximate surface area is 131 Å². The molecule has 0 bridgehead atoms. The highest BCUT2D eigenvalue weighted by Gasteiger charge is 2.17. The molecule has 0 heterocycles. The standard InChI is InChI=1S/C17H23NO4/c1-5-22-17(21)14-6-8-15(9-7-14)18(10-12(2)3)11-13(4)16(19)20/h6-9,13H,2,5,10-11H2,1,3-4H3,(H,19,20). The van der Waals surface area contributed by atoms with Gasteiger partial charge >= 0.3 is 11.9 Å².